The number of urea groups is 1. The molecule has 1 atom stereocenters. The van der Waals surface area contributed by atoms with Crippen LogP contribution in [0.2, 0.25) is 10.0 Å². The zero-order valence-corrected chi connectivity index (χ0v) is 29.5. The number of likely N-dealkylation sites (tertiary alicyclic amines) is 3. The number of nitrogens with zero attached hydrogens (tertiary/aromatic N) is 4. The second kappa shape index (κ2) is 16.1. The van der Waals surface area contributed by atoms with Gasteiger partial charge in [0.05, 0.1) is 22.3 Å². The summed E-state index contributed by atoms with van der Waals surface area (Å²) in [6.07, 6.45) is 7.55. The molecule has 0 saturated carbocycles. The summed E-state index contributed by atoms with van der Waals surface area (Å²) in [4.78, 5) is 62.4. The van der Waals surface area contributed by atoms with E-state index in [2.05, 4.69) is 20.4 Å². The largest absolute Gasteiger partial charge is 0.396 e. The number of benzene rings is 2. The summed E-state index contributed by atoms with van der Waals surface area (Å²) in [5, 5.41) is 6.24. The van der Waals surface area contributed by atoms with Gasteiger partial charge >= 0.3 is 6.03 Å². The predicted molar refractivity (Wildman–Crippen MR) is 192 cm³/mol. The number of hydrogen-bond donors (Lipinski definition) is 3. The van der Waals surface area contributed by atoms with Gasteiger partial charge in [0.25, 0.3) is 0 Å². The van der Waals surface area contributed by atoms with Gasteiger partial charge in [-0.05, 0) is 81.8 Å². The smallest absolute Gasteiger partial charge is 0.322 e. The fourth-order valence-electron chi connectivity index (χ4n) is 7.77. The summed E-state index contributed by atoms with van der Waals surface area (Å²) >= 11 is 12.4. The molecule has 0 bridgehead atoms. The highest BCUT2D eigenvalue weighted by atomic mass is 35.5. The summed E-state index contributed by atoms with van der Waals surface area (Å²) in [5.41, 5.74) is 8.22. The average molecular weight is 713 g/mol. The number of para-hydroxylation sites is 1. The van der Waals surface area contributed by atoms with Crippen molar-refractivity contribution in [2.45, 2.75) is 75.9 Å². The SMILES string of the molecule is Nc1c(Cl)cc(C(=O)C[C@@H](NC(=O)CN2CCC(N3CCCCC3)CC2)C(=O)N2CCC(N3CCc4ccccc4NC3=O)CC2)cc1Cl. The monoisotopic (exact) mass is 711 g/mol. The lowest BCUT2D eigenvalue weighted by atomic mass is 9.99. The van der Waals surface area contributed by atoms with Crippen LogP contribution in [0.25, 0.3) is 0 Å². The molecule has 0 aliphatic carbocycles. The van der Waals surface area contributed by atoms with Gasteiger partial charge in [0.15, 0.2) is 5.78 Å². The van der Waals surface area contributed by atoms with E-state index < -0.39 is 6.04 Å². The molecule has 4 heterocycles. The van der Waals surface area contributed by atoms with Crippen molar-refractivity contribution in [3.8, 4) is 0 Å². The number of nitrogens with one attached hydrogen (secondary N) is 2. The van der Waals surface area contributed by atoms with Crippen LogP contribution in [0.15, 0.2) is 36.4 Å². The first kappa shape index (κ1) is 35.4. The molecule has 3 saturated heterocycles. The molecule has 11 nitrogen and oxygen atoms in total. The first-order valence-corrected chi connectivity index (χ1v) is 18.4. The number of fused-ring (bicyclic) bond motifs is 1. The van der Waals surface area contributed by atoms with Crippen molar-refractivity contribution in [3.05, 3.63) is 57.6 Å². The predicted octanol–water partition coefficient (Wildman–Crippen LogP) is 4.66. The minimum Gasteiger partial charge on any atom is -0.396 e. The Morgan fingerprint density at radius 1 is 0.878 bits per heavy atom. The van der Waals surface area contributed by atoms with Gasteiger partial charge in [-0.15, -0.1) is 0 Å². The minimum atomic E-state index is -1.06. The quantitative estimate of drug-likeness (QED) is 0.255. The maximum atomic E-state index is 14.0. The first-order valence-electron chi connectivity index (χ1n) is 17.6. The minimum absolute atomic E-state index is 0.0278. The maximum absolute atomic E-state index is 14.0. The van der Waals surface area contributed by atoms with Crippen molar-refractivity contribution in [1.82, 2.24) is 24.9 Å². The summed E-state index contributed by atoms with van der Waals surface area (Å²) in [6.45, 7) is 5.52. The second-order valence-electron chi connectivity index (χ2n) is 13.8. The van der Waals surface area contributed by atoms with Crippen LogP contribution >= 0.6 is 23.2 Å². The van der Waals surface area contributed by atoms with Gasteiger partial charge in [-0.25, -0.2) is 4.79 Å². The fourth-order valence-corrected chi connectivity index (χ4v) is 8.26. The molecule has 2 aromatic carbocycles. The van der Waals surface area contributed by atoms with E-state index in [-0.39, 0.29) is 63.9 Å². The highest BCUT2D eigenvalue weighted by Gasteiger charge is 2.35. The Hall–Kier alpha value is -3.38. The number of Topliss-reactive ketones (excluding diaryl/α,β-unsaturated/α-hetero) is 1. The van der Waals surface area contributed by atoms with E-state index in [4.69, 9.17) is 28.9 Å². The van der Waals surface area contributed by atoms with E-state index in [0.29, 0.717) is 38.5 Å². The molecule has 0 radical (unpaired) electrons. The van der Waals surface area contributed by atoms with Crippen LogP contribution in [-0.4, -0.2) is 114 Å². The molecule has 0 spiro atoms. The second-order valence-corrected chi connectivity index (χ2v) is 14.6. The molecule has 264 valence electrons. The van der Waals surface area contributed by atoms with Gasteiger partial charge in [0, 0.05) is 62.5 Å². The number of carbonyl (C=O) groups excluding carboxylic acids is 4. The zero-order valence-electron chi connectivity index (χ0n) is 28.0. The van der Waals surface area contributed by atoms with E-state index in [1.807, 2.05) is 29.2 Å². The van der Waals surface area contributed by atoms with Crippen molar-refractivity contribution in [1.29, 1.82) is 0 Å². The number of rotatable bonds is 9. The Bertz CT molecular complexity index is 1510. The molecule has 0 unspecified atom stereocenters. The van der Waals surface area contributed by atoms with E-state index >= 15 is 0 Å². The summed E-state index contributed by atoms with van der Waals surface area (Å²) < 4.78 is 0. The number of anilines is 2. The summed E-state index contributed by atoms with van der Waals surface area (Å²) in [7, 11) is 0. The molecule has 3 fully saturated rings. The van der Waals surface area contributed by atoms with Crippen LogP contribution in [0, 0.1) is 0 Å². The number of nitrogen functional groups attached to an aromatic ring is 1. The molecular weight excluding hydrogens is 665 g/mol. The van der Waals surface area contributed by atoms with Gasteiger partial charge in [0.2, 0.25) is 11.8 Å². The van der Waals surface area contributed by atoms with Gasteiger partial charge < -0.3 is 31.1 Å². The normalized spacial score (nSPS) is 20.7. The van der Waals surface area contributed by atoms with Crippen molar-refractivity contribution in [2.75, 3.05) is 63.4 Å². The molecule has 4 N–H and O–H groups in total. The highest BCUT2D eigenvalue weighted by Crippen LogP contribution is 2.30. The Balaban J connectivity index is 1.08. The van der Waals surface area contributed by atoms with E-state index in [1.165, 1.54) is 31.4 Å². The van der Waals surface area contributed by atoms with Crippen LogP contribution in [0.5, 0.6) is 0 Å². The van der Waals surface area contributed by atoms with Crippen LogP contribution in [0.1, 0.15) is 67.3 Å². The number of piperidine rings is 3. The van der Waals surface area contributed by atoms with E-state index in [9.17, 15) is 19.2 Å². The number of halogens is 2. The van der Waals surface area contributed by atoms with Crippen molar-refractivity contribution in [3.63, 3.8) is 0 Å². The summed E-state index contributed by atoms with van der Waals surface area (Å²) in [6, 6.07) is 10.0. The highest BCUT2D eigenvalue weighted by molar-refractivity contribution is 6.39. The van der Waals surface area contributed by atoms with E-state index in [1.54, 1.807) is 4.90 Å². The molecule has 2 aromatic rings. The lowest BCUT2D eigenvalue weighted by Crippen LogP contribution is -2.56. The third-order valence-electron chi connectivity index (χ3n) is 10.6. The zero-order chi connectivity index (χ0) is 34.5. The Morgan fingerprint density at radius 3 is 2.22 bits per heavy atom. The topological polar surface area (TPSA) is 131 Å². The lowest BCUT2D eigenvalue weighted by Gasteiger charge is -2.40. The molecule has 6 rings (SSSR count). The Kier molecular flexibility index (Phi) is 11.6. The summed E-state index contributed by atoms with van der Waals surface area (Å²) in [5.74, 6) is -0.976. The van der Waals surface area contributed by atoms with E-state index in [0.717, 1.165) is 56.7 Å². The third kappa shape index (κ3) is 8.68. The lowest BCUT2D eigenvalue weighted by molar-refractivity contribution is -0.138. The molecule has 4 aliphatic rings. The average Bonchev–Trinajstić information content (AvgIpc) is 3.28. The molecule has 4 amide bonds. The number of amides is 4. The van der Waals surface area contributed by atoms with Crippen LogP contribution < -0.4 is 16.4 Å². The first-order chi connectivity index (χ1) is 23.7. The number of carbonyl (C=O) groups is 4. The molecule has 13 heteroatoms. The standard InChI is InChI=1S/C36H47Cl2N7O4/c37-28-20-25(21-29(38)34(28)39)32(46)22-31(40-33(47)23-42-15-9-26(10-16-42)43-13-4-1-5-14-43)35(48)44-17-11-27(12-18-44)45-19-8-24-6-2-3-7-30(24)41-36(45)49/h2-3,6-7,20-21,26-27,31H,1,4-5,8-19,22-23,39H2,(H,40,47)(H,41,49)/t31-/m1/s1. The number of ketones is 1. The molecule has 0 aromatic heterocycles. The van der Waals surface area contributed by atoms with Crippen molar-refractivity contribution in [2.24, 2.45) is 0 Å². The number of hydrogen-bond acceptors (Lipinski definition) is 7. The Morgan fingerprint density at radius 2 is 1.53 bits per heavy atom. The van der Waals surface area contributed by atoms with Gasteiger partial charge in [-0.1, -0.05) is 47.8 Å². The number of nitrogens with two attached hydrogens (primary N) is 1. The fraction of sp³-hybridized carbons (Fsp3) is 0.556. The maximum Gasteiger partial charge on any atom is 0.322 e. The van der Waals surface area contributed by atoms with Gasteiger partial charge in [-0.2, -0.15) is 0 Å². The van der Waals surface area contributed by atoms with Crippen molar-refractivity contribution >= 4 is 58.2 Å². The van der Waals surface area contributed by atoms with Crippen LogP contribution in [0.3, 0.4) is 0 Å². The molecule has 4 aliphatic heterocycles. The van der Waals surface area contributed by atoms with Crippen LogP contribution in [0.4, 0.5) is 16.2 Å². The third-order valence-corrected chi connectivity index (χ3v) is 11.2. The molecule has 49 heavy (non-hydrogen) atoms. The van der Waals surface area contributed by atoms with Gasteiger partial charge in [-0.3, -0.25) is 19.3 Å². The molecular formula is C36H47Cl2N7O4. The van der Waals surface area contributed by atoms with Crippen LogP contribution in [-0.2, 0) is 16.0 Å². The Labute approximate surface area is 298 Å². The van der Waals surface area contributed by atoms with Gasteiger partial charge in [0.1, 0.15) is 6.04 Å². The van der Waals surface area contributed by atoms with Crippen molar-refractivity contribution < 1.29 is 19.2 Å².